The Morgan fingerprint density at radius 1 is 0.941 bits per heavy atom. The van der Waals surface area contributed by atoms with Crippen LogP contribution in [0.3, 0.4) is 0 Å². The molecule has 0 aliphatic heterocycles. The molecule has 0 amide bonds. The van der Waals surface area contributed by atoms with Crippen molar-refractivity contribution >= 4 is 33.5 Å². The normalized spacial score (nSPS) is 12.7. The zero-order valence-electron chi connectivity index (χ0n) is 19.2. The van der Waals surface area contributed by atoms with Crippen LogP contribution in [0.2, 0.25) is 0 Å². The van der Waals surface area contributed by atoms with Gasteiger partial charge in [-0.05, 0) is 6.42 Å². The first-order chi connectivity index (χ1) is 16.2. The molecule has 1 aromatic rings. The number of hydrogen-bond acceptors (Lipinski definition) is 11. The van der Waals surface area contributed by atoms with E-state index in [9.17, 15) is 34.2 Å². The fourth-order valence-corrected chi connectivity index (χ4v) is 4.56. The van der Waals surface area contributed by atoms with Gasteiger partial charge in [0.1, 0.15) is 12.7 Å². The molecule has 0 aromatic carbocycles. The minimum atomic E-state index is -1.38. The molecule has 2 N–H and O–H groups in total. The van der Waals surface area contributed by atoms with Crippen molar-refractivity contribution < 1.29 is 29.3 Å². The highest BCUT2D eigenvalue weighted by Gasteiger charge is 2.19. The van der Waals surface area contributed by atoms with Gasteiger partial charge in [-0.2, -0.15) is 0 Å². The van der Waals surface area contributed by atoms with Crippen LogP contribution >= 0.6 is 21.6 Å². The predicted molar refractivity (Wildman–Crippen MR) is 129 cm³/mol. The van der Waals surface area contributed by atoms with Crippen LogP contribution in [0.25, 0.3) is 0 Å². The highest BCUT2D eigenvalue weighted by Crippen LogP contribution is 2.22. The highest BCUT2D eigenvalue weighted by atomic mass is 33.1. The lowest BCUT2D eigenvalue weighted by Gasteiger charge is -2.17. The molecule has 0 aliphatic rings. The van der Waals surface area contributed by atoms with Crippen molar-refractivity contribution in [2.75, 3.05) is 25.2 Å². The summed E-state index contributed by atoms with van der Waals surface area (Å²) in [5.74, 6) is 0.0825. The van der Waals surface area contributed by atoms with E-state index < -0.39 is 48.4 Å². The van der Waals surface area contributed by atoms with Crippen LogP contribution < -0.4 is 17.1 Å². The van der Waals surface area contributed by atoms with Crippen molar-refractivity contribution in [2.24, 2.45) is 0 Å². The second-order valence-electron chi connectivity index (χ2n) is 7.09. The molecule has 2 unspecified atom stereocenters. The molecule has 1 rings (SSSR count). The number of ether oxygens (including phenoxy) is 2. The molecule has 0 bridgehead atoms. The quantitative estimate of drug-likeness (QED) is 0.123. The number of aliphatic hydroxyl groups is 2. The first kappa shape index (κ1) is 29.7. The third kappa shape index (κ3) is 9.52. The van der Waals surface area contributed by atoms with Crippen molar-refractivity contribution in [1.82, 2.24) is 13.7 Å². The maximum atomic E-state index is 12.7. The second kappa shape index (κ2) is 15.6. The van der Waals surface area contributed by atoms with Gasteiger partial charge in [0.2, 0.25) is 0 Å². The highest BCUT2D eigenvalue weighted by molar-refractivity contribution is 8.76. The zero-order chi connectivity index (χ0) is 25.7. The van der Waals surface area contributed by atoms with Gasteiger partial charge >= 0.3 is 29.0 Å². The molecular formula is C20H31N3O9S2. The Bertz CT molecular complexity index is 1000. The molecule has 0 fully saturated rings. The van der Waals surface area contributed by atoms with Gasteiger partial charge < -0.3 is 19.7 Å². The number of carbonyl (C=O) groups excluding carboxylic acids is 2. The van der Waals surface area contributed by atoms with Crippen LogP contribution in [0, 0.1) is 0 Å². The first-order valence-corrected chi connectivity index (χ1v) is 13.0. The Balaban J connectivity index is 2.72. The van der Waals surface area contributed by atoms with E-state index in [1.807, 2.05) is 0 Å². The molecule has 1 heterocycles. The van der Waals surface area contributed by atoms with Crippen molar-refractivity contribution in [3.05, 3.63) is 44.1 Å². The summed E-state index contributed by atoms with van der Waals surface area (Å²) in [7, 11) is 4.11. The summed E-state index contributed by atoms with van der Waals surface area (Å²) < 4.78 is 11.7. The van der Waals surface area contributed by atoms with E-state index in [0.29, 0.717) is 16.1 Å². The third-order valence-corrected chi connectivity index (χ3v) is 6.89. The summed E-state index contributed by atoms with van der Waals surface area (Å²) in [5.41, 5.74) is -2.81. The van der Waals surface area contributed by atoms with Crippen LogP contribution in [0.15, 0.2) is 27.0 Å². The number of hydrogen-bond donors (Lipinski definition) is 2. The number of esters is 2. The third-order valence-electron chi connectivity index (χ3n) is 4.48. The van der Waals surface area contributed by atoms with Crippen molar-refractivity contribution in [3.63, 3.8) is 0 Å². The molecule has 2 atom stereocenters. The van der Waals surface area contributed by atoms with Gasteiger partial charge in [0, 0.05) is 11.5 Å². The molecule has 0 radical (unpaired) electrons. The number of nitrogens with zero attached hydrogens (tertiary/aromatic N) is 3. The SMILES string of the molecule is C=CCn1c(=O)n(CC(O)CC)c(=O)n(CC(O)COC(=O)CCSSCCC(=O)OC)c1=O. The molecular weight excluding hydrogens is 490 g/mol. The van der Waals surface area contributed by atoms with Gasteiger partial charge in [-0.3, -0.25) is 9.59 Å². The van der Waals surface area contributed by atoms with Crippen LogP contribution in [0.5, 0.6) is 0 Å². The van der Waals surface area contributed by atoms with E-state index in [-0.39, 0.29) is 38.3 Å². The Morgan fingerprint density at radius 2 is 1.44 bits per heavy atom. The maximum Gasteiger partial charge on any atom is 0.336 e. The number of methoxy groups -OCH3 is 1. The topological polar surface area (TPSA) is 159 Å². The summed E-state index contributed by atoms with van der Waals surface area (Å²) in [6, 6.07) is 0. The lowest BCUT2D eigenvalue weighted by atomic mass is 10.3. The summed E-state index contributed by atoms with van der Waals surface area (Å²) >= 11 is 0. The van der Waals surface area contributed by atoms with Crippen molar-refractivity contribution in [2.45, 2.75) is 58.0 Å². The van der Waals surface area contributed by atoms with Gasteiger partial charge in [-0.25, -0.2) is 28.1 Å². The van der Waals surface area contributed by atoms with Crippen LogP contribution in [-0.4, -0.2) is 73.3 Å². The molecule has 14 heteroatoms. The fraction of sp³-hybridized carbons (Fsp3) is 0.650. The Hall–Kier alpha value is -2.29. The summed E-state index contributed by atoms with van der Waals surface area (Å²) in [4.78, 5) is 60.7. The van der Waals surface area contributed by atoms with E-state index in [1.54, 1.807) is 6.92 Å². The van der Waals surface area contributed by atoms with Gasteiger partial charge in [0.05, 0.1) is 45.7 Å². The molecule has 192 valence electrons. The van der Waals surface area contributed by atoms with Gasteiger partial charge in [0.15, 0.2) is 0 Å². The molecule has 0 aliphatic carbocycles. The maximum absolute atomic E-state index is 12.7. The van der Waals surface area contributed by atoms with Crippen molar-refractivity contribution in [3.8, 4) is 0 Å². The monoisotopic (exact) mass is 521 g/mol. The average Bonchev–Trinajstić information content (AvgIpc) is 2.82. The fourth-order valence-electron chi connectivity index (χ4n) is 2.61. The predicted octanol–water partition coefficient (Wildman–Crippen LogP) is -0.633. The zero-order valence-corrected chi connectivity index (χ0v) is 20.8. The van der Waals surface area contributed by atoms with Crippen molar-refractivity contribution in [1.29, 1.82) is 0 Å². The summed E-state index contributed by atoms with van der Waals surface area (Å²) in [6.45, 7) is 3.71. The smallest absolute Gasteiger partial charge is 0.336 e. The van der Waals surface area contributed by atoms with Crippen LogP contribution in [0.1, 0.15) is 26.2 Å². The number of allylic oxidation sites excluding steroid dienone is 1. The minimum absolute atomic E-state index is 0.0640. The molecule has 0 saturated heterocycles. The van der Waals surface area contributed by atoms with E-state index in [0.717, 1.165) is 9.13 Å². The number of aromatic nitrogens is 3. The van der Waals surface area contributed by atoms with Crippen LogP contribution in [0.4, 0.5) is 0 Å². The lowest BCUT2D eigenvalue weighted by molar-refractivity contribution is -0.146. The van der Waals surface area contributed by atoms with E-state index >= 15 is 0 Å². The van der Waals surface area contributed by atoms with Gasteiger partial charge in [0.25, 0.3) is 0 Å². The molecule has 0 saturated carbocycles. The average molecular weight is 522 g/mol. The molecule has 0 spiro atoms. The number of aliphatic hydroxyl groups excluding tert-OH is 2. The van der Waals surface area contributed by atoms with Crippen LogP contribution in [-0.2, 0) is 38.7 Å². The molecule has 1 aromatic heterocycles. The minimum Gasteiger partial charge on any atom is -0.469 e. The second-order valence-corrected chi connectivity index (χ2v) is 9.79. The van der Waals surface area contributed by atoms with Gasteiger partial charge in [-0.1, -0.05) is 34.6 Å². The summed E-state index contributed by atoms with van der Waals surface area (Å²) in [5, 5.41) is 20.1. The lowest BCUT2D eigenvalue weighted by Crippen LogP contribution is -2.56. The standard InChI is InChI=1S/C20H31N3O9S2/c1-4-8-21-18(28)22(11-14(24)5-2)20(30)23(19(21)29)12-15(25)13-32-17(27)7-10-34-33-9-6-16(26)31-3/h4,14-15,24-25H,1,5-13H2,2-3H3. The Morgan fingerprint density at radius 3 is 1.94 bits per heavy atom. The largest absolute Gasteiger partial charge is 0.469 e. The molecule has 12 nitrogen and oxygen atoms in total. The Labute approximate surface area is 204 Å². The van der Waals surface area contributed by atoms with E-state index in [2.05, 4.69) is 11.3 Å². The van der Waals surface area contributed by atoms with E-state index in [4.69, 9.17) is 4.74 Å². The van der Waals surface area contributed by atoms with E-state index in [1.165, 1.54) is 34.8 Å². The summed E-state index contributed by atoms with van der Waals surface area (Å²) in [6.07, 6.45) is -0.431. The first-order valence-electron chi connectivity index (χ1n) is 10.5. The van der Waals surface area contributed by atoms with Gasteiger partial charge in [-0.15, -0.1) is 6.58 Å². The Kier molecular flexibility index (Phi) is 13.6. The number of carbonyl (C=O) groups is 2. The molecule has 34 heavy (non-hydrogen) atoms. The number of rotatable bonds is 16.